The Hall–Kier alpha value is -2.83. The van der Waals surface area contributed by atoms with Crippen LogP contribution in [0.25, 0.3) is 10.9 Å². The maximum absolute atomic E-state index is 12.7. The molecule has 2 rings (SSSR count). The molecule has 1 aromatic heterocycles. The summed E-state index contributed by atoms with van der Waals surface area (Å²) < 4.78 is 0. The van der Waals surface area contributed by atoms with E-state index in [0.29, 0.717) is 19.3 Å². The van der Waals surface area contributed by atoms with Gasteiger partial charge in [-0.15, -0.1) is 0 Å². The van der Waals surface area contributed by atoms with Crippen LogP contribution in [0.3, 0.4) is 0 Å². The van der Waals surface area contributed by atoms with Crippen molar-refractivity contribution in [3.63, 3.8) is 0 Å². The van der Waals surface area contributed by atoms with E-state index in [-0.39, 0.29) is 18.2 Å². The molecule has 0 bridgehead atoms. The van der Waals surface area contributed by atoms with Gasteiger partial charge in [0.05, 0.1) is 0 Å². The molecule has 0 aliphatic heterocycles. The second-order valence-corrected chi connectivity index (χ2v) is 7.46. The minimum absolute atomic E-state index is 0.155. The summed E-state index contributed by atoms with van der Waals surface area (Å²) in [5.74, 6) is -1.60. The highest BCUT2D eigenvalue weighted by molar-refractivity contribution is 5.91. The van der Waals surface area contributed by atoms with Gasteiger partial charge >= 0.3 is 5.97 Å². The highest BCUT2D eigenvalue weighted by Crippen LogP contribution is 2.19. The van der Waals surface area contributed by atoms with E-state index in [4.69, 9.17) is 0 Å². The lowest BCUT2D eigenvalue weighted by Crippen LogP contribution is -2.52. The van der Waals surface area contributed by atoms with E-state index in [1.807, 2.05) is 45.0 Å². The van der Waals surface area contributed by atoms with Gasteiger partial charge in [-0.1, -0.05) is 39.0 Å². The number of hydrogen-bond acceptors (Lipinski definition) is 3. The number of carbonyl (C=O) groups is 3. The van der Waals surface area contributed by atoms with E-state index in [1.54, 1.807) is 6.20 Å². The molecule has 0 spiro atoms. The standard InChI is InChI=1S/C21H29N3O4/c1-4-7-19(25)23-17(10-13(2)3)20(26)24-18(21(27)28)11-14-12-22-16-9-6-5-8-15(14)16/h5-6,8-9,12-13,17-18,22H,4,7,10-11H2,1-3H3,(H,23,25)(H,24,26)(H,27,28)/t17-,18-/m0/s1. The minimum atomic E-state index is -1.11. The van der Waals surface area contributed by atoms with E-state index in [9.17, 15) is 19.5 Å². The lowest BCUT2D eigenvalue weighted by Gasteiger charge is -2.22. The van der Waals surface area contributed by atoms with E-state index in [0.717, 1.165) is 16.5 Å². The Balaban J connectivity index is 2.12. The number of fused-ring (bicyclic) bond motifs is 1. The average Bonchev–Trinajstić information content (AvgIpc) is 3.03. The second kappa shape index (κ2) is 9.92. The third-order valence-electron chi connectivity index (χ3n) is 4.55. The van der Waals surface area contributed by atoms with Crippen molar-refractivity contribution >= 4 is 28.7 Å². The first-order valence-corrected chi connectivity index (χ1v) is 9.69. The summed E-state index contributed by atoms with van der Waals surface area (Å²) in [5.41, 5.74) is 1.73. The number of para-hydroxylation sites is 1. The van der Waals surface area contributed by atoms with Crippen molar-refractivity contribution in [2.75, 3.05) is 0 Å². The quantitative estimate of drug-likeness (QED) is 0.502. The number of carboxylic acids is 1. The Morgan fingerprint density at radius 3 is 2.46 bits per heavy atom. The van der Waals surface area contributed by atoms with Gasteiger partial charge in [0.1, 0.15) is 12.1 Å². The van der Waals surface area contributed by atoms with Gasteiger partial charge in [0.25, 0.3) is 0 Å². The molecular weight excluding hydrogens is 358 g/mol. The van der Waals surface area contributed by atoms with Crippen LogP contribution in [-0.4, -0.2) is 40.0 Å². The molecule has 7 heteroatoms. The van der Waals surface area contributed by atoms with Crippen LogP contribution >= 0.6 is 0 Å². The van der Waals surface area contributed by atoms with Gasteiger partial charge in [-0.25, -0.2) is 4.79 Å². The largest absolute Gasteiger partial charge is 0.480 e. The lowest BCUT2D eigenvalue weighted by molar-refractivity contribution is -0.142. The van der Waals surface area contributed by atoms with Crippen LogP contribution in [0.15, 0.2) is 30.5 Å². The van der Waals surface area contributed by atoms with Gasteiger partial charge in [-0.3, -0.25) is 9.59 Å². The van der Waals surface area contributed by atoms with Gasteiger partial charge in [-0.05, 0) is 30.4 Å². The molecule has 4 N–H and O–H groups in total. The molecular formula is C21H29N3O4. The number of carbonyl (C=O) groups excluding carboxylic acids is 2. The zero-order valence-electron chi connectivity index (χ0n) is 16.6. The number of aromatic nitrogens is 1. The molecule has 2 amide bonds. The number of aromatic amines is 1. The predicted octanol–water partition coefficient (Wildman–Crippen LogP) is 2.61. The highest BCUT2D eigenvalue weighted by Gasteiger charge is 2.27. The van der Waals surface area contributed by atoms with Gasteiger partial charge < -0.3 is 20.7 Å². The van der Waals surface area contributed by atoms with E-state index in [1.165, 1.54) is 0 Å². The van der Waals surface area contributed by atoms with E-state index >= 15 is 0 Å². The van der Waals surface area contributed by atoms with Crippen molar-refractivity contribution in [2.24, 2.45) is 5.92 Å². The first kappa shape index (κ1) is 21.5. The van der Waals surface area contributed by atoms with Crippen LogP contribution in [-0.2, 0) is 20.8 Å². The zero-order chi connectivity index (χ0) is 20.7. The molecule has 1 heterocycles. The number of rotatable bonds is 10. The summed E-state index contributed by atoms with van der Waals surface area (Å²) >= 11 is 0. The Morgan fingerprint density at radius 2 is 1.82 bits per heavy atom. The van der Waals surface area contributed by atoms with Crippen molar-refractivity contribution < 1.29 is 19.5 Å². The Bertz CT molecular complexity index is 828. The molecule has 2 atom stereocenters. The molecule has 152 valence electrons. The molecule has 7 nitrogen and oxygen atoms in total. The number of benzene rings is 1. The van der Waals surface area contributed by atoms with Crippen molar-refractivity contribution in [2.45, 2.75) is 58.5 Å². The molecule has 0 aliphatic rings. The summed E-state index contributed by atoms with van der Waals surface area (Å²) in [7, 11) is 0. The third-order valence-corrected chi connectivity index (χ3v) is 4.55. The number of hydrogen-bond donors (Lipinski definition) is 4. The van der Waals surface area contributed by atoms with Gasteiger partial charge in [0.2, 0.25) is 11.8 Å². The van der Waals surface area contributed by atoms with Crippen molar-refractivity contribution in [3.05, 3.63) is 36.0 Å². The van der Waals surface area contributed by atoms with Gasteiger partial charge in [0.15, 0.2) is 0 Å². The lowest BCUT2D eigenvalue weighted by atomic mass is 10.0. The monoisotopic (exact) mass is 387 g/mol. The normalized spacial score (nSPS) is 13.3. The number of carboxylic acid groups (broad SMARTS) is 1. The Labute approximate surface area is 164 Å². The number of aliphatic carboxylic acids is 1. The highest BCUT2D eigenvalue weighted by atomic mass is 16.4. The molecule has 0 saturated carbocycles. The molecule has 0 radical (unpaired) electrons. The molecule has 0 aliphatic carbocycles. The molecule has 2 aromatic rings. The van der Waals surface area contributed by atoms with Crippen molar-refractivity contribution in [3.8, 4) is 0 Å². The topological polar surface area (TPSA) is 111 Å². The fraction of sp³-hybridized carbons (Fsp3) is 0.476. The Morgan fingerprint density at radius 1 is 1.11 bits per heavy atom. The molecule has 0 fully saturated rings. The first-order valence-electron chi connectivity index (χ1n) is 9.69. The zero-order valence-corrected chi connectivity index (χ0v) is 16.6. The summed E-state index contributed by atoms with van der Waals surface area (Å²) in [6.07, 6.45) is 3.38. The number of nitrogens with one attached hydrogen (secondary N) is 3. The van der Waals surface area contributed by atoms with Crippen LogP contribution in [0.4, 0.5) is 0 Å². The summed E-state index contributed by atoms with van der Waals surface area (Å²) in [5, 5.41) is 15.9. The van der Waals surface area contributed by atoms with E-state index < -0.39 is 24.0 Å². The van der Waals surface area contributed by atoms with Gasteiger partial charge in [-0.2, -0.15) is 0 Å². The smallest absolute Gasteiger partial charge is 0.326 e. The maximum Gasteiger partial charge on any atom is 0.326 e. The number of H-pyrrole nitrogens is 1. The van der Waals surface area contributed by atoms with E-state index in [2.05, 4.69) is 15.6 Å². The minimum Gasteiger partial charge on any atom is -0.480 e. The number of amides is 2. The average molecular weight is 387 g/mol. The van der Waals surface area contributed by atoms with Crippen molar-refractivity contribution in [1.82, 2.24) is 15.6 Å². The van der Waals surface area contributed by atoms with Crippen LogP contribution in [0.2, 0.25) is 0 Å². The summed E-state index contributed by atoms with van der Waals surface area (Å²) in [6.45, 7) is 5.79. The summed E-state index contributed by atoms with van der Waals surface area (Å²) in [4.78, 5) is 39.5. The summed E-state index contributed by atoms with van der Waals surface area (Å²) in [6, 6.07) is 5.78. The Kier molecular flexibility index (Phi) is 7.61. The molecule has 28 heavy (non-hydrogen) atoms. The second-order valence-electron chi connectivity index (χ2n) is 7.46. The first-order chi connectivity index (χ1) is 13.3. The van der Waals surface area contributed by atoms with Crippen LogP contribution in [0.5, 0.6) is 0 Å². The third kappa shape index (κ3) is 5.84. The maximum atomic E-state index is 12.7. The molecule has 1 aromatic carbocycles. The van der Waals surface area contributed by atoms with Crippen molar-refractivity contribution in [1.29, 1.82) is 0 Å². The molecule has 0 unspecified atom stereocenters. The fourth-order valence-corrected chi connectivity index (χ4v) is 3.19. The van der Waals surface area contributed by atoms with Crippen LogP contribution in [0.1, 0.15) is 45.6 Å². The fourth-order valence-electron chi connectivity index (χ4n) is 3.19. The van der Waals surface area contributed by atoms with Gasteiger partial charge in [0, 0.05) is 29.9 Å². The van der Waals surface area contributed by atoms with Crippen LogP contribution in [0, 0.1) is 5.92 Å². The molecule has 0 saturated heterocycles. The van der Waals surface area contributed by atoms with Crippen LogP contribution < -0.4 is 10.6 Å². The predicted molar refractivity (Wildman–Crippen MR) is 108 cm³/mol. The SMILES string of the molecule is CCCC(=O)N[C@@H](CC(C)C)C(=O)N[C@@H](Cc1c[nH]c2ccccc12)C(=O)O.